The number of benzene rings is 2. The fourth-order valence-corrected chi connectivity index (χ4v) is 4.03. The molecule has 1 unspecified atom stereocenters. The first kappa shape index (κ1) is 18.3. The Labute approximate surface area is 165 Å². The summed E-state index contributed by atoms with van der Waals surface area (Å²) in [6.45, 7) is 0. The lowest BCUT2D eigenvalue weighted by Crippen LogP contribution is -2.18. The van der Waals surface area contributed by atoms with Gasteiger partial charge < -0.3 is 10.6 Å². The van der Waals surface area contributed by atoms with Gasteiger partial charge in [-0.1, -0.05) is 30.3 Å². The molecule has 4 rings (SSSR count). The van der Waals surface area contributed by atoms with Crippen molar-refractivity contribution >= 4 is 28.8 Å². The van der Waals surface area contributed by atoms with Crippen LogP contribution in [0.2, 0.25) is 0 Å². The van der Waals surface area contributed by atoms with Gasteiger partial charge in [-0.25, -0.2) is 9.37 Å². The quantitative estimate of drug-likeness (QED) is 0.684. The minimum Gasteiger partial charge on any atom is -0.349 e. The molecule has 0 radical (unpaired) electrons. The summed E-state index contributed by atoms with van der Waals surface area (Å²) in [7, 11) is 0. The Morgan fingerprint density at radius 3 is 2.89 bits per heavy atom. The molecule has 3 aromatic rings. The van der Waals surface area contributed by atoms with Gasteiger partial charge in [0.1, 0.15) is 10.7 Å². The third-order valence-corrected chi connectivity index (χ3v) is 5.62. The second kappa shape index (κ2) is 7.90. The van der Waals surface area contributed by atoms with Crippen LogP contribution in [0.1, 0.15) is 44.7 Å². The molecule has 2 N–H and O–H groups in total. The monoisotopic (exact) mass is 395 g/mol. The summed E-state index contributed by atoms with van der Waals surface area (Å²) in [5.74, 6) is -0.490. The first-order valence-corrected chi connectivity index (χ1v) is 9.79. The summed E-state index contributed by atoms with van der Waals surface area (Å²) < 4.78 is 13.8. The molecule has 1 aliphatic rings. The topological polar surface area (TPSA) is 71.1 Å². The predicted molar refractivity (Wildman–Crippen MR) is 106 cm³/mol. The third-order valence-electron chi connectivity index (χ3n) is 4.62. The molecule has 2 amide bonds. The minimum atomic E-state index is -0.278. The zero-order valence-electron chi connectivity index (χ0n) is 14.9. The van der Waals surface area contributed by atoms with Gasteiger partial charge in [0, 0.05) is 18.5 Å². The number of thiazole rings is 1. The van der Waals surface area contributed by atoms with Gasteiger partial charge in [0.25, 0.3) is 5.91 Å². The molecule has 142 valence electrons. The van der Waals surface area contributed by atoms with Crippen LogP contribution in [0.4, 0.5) is 10.1 Å². The van der Waals surface area contributed by atoms with Crippen molar-refractivity contribution in [3.8, 4) is 0 Å². The summed E-state index contributed by atoms with van der Waals surface area (Å²) >= 11 is 1.25. The van der Waals surface area contributed by atoms with E-state index in [2.05, 4.69) is 15.6 Å². The lowest BCUT2D eigenvalue weighted by Gasteiger charge is -2.12. The molecule has 2 aromatic carbocycles. The fourth-order valence-electron chi connectivity index (χ4n) is 3.19. The Morgan fingerprint density at radius 2 is 2.11 bits per heavy atom. The van der Waals surface area contributed by atoms with Crippen molar-refractivity contribution in [3.63, 3.8) is 0 Å². The highest BCUT2D eigenvalue weighted by molar-refractivity contribution is 7.13. The van der Waals surface area contributed by atoms with E-state index in [1.54, 1.807) is 24.3 Å². The number of amides is 2. The second-order valence-electron chi connectivity index (χ2n) is 6.62. The largest absolute Gasteiger partial charge is 0.349 e. The Balaban J connectivity index is 1.44. The SMILES string of the molecule is O=C1CCC(c2cccc(NC(=O)c3cnc(Cc4ccccc4F)s3)c2)N1. The highest BCUT2D eigenvalue weighted by atomic mass is 32.1. The van der Waals surface area contributed by atoms with E-state index in [1.807, 2.05) is 18.2 Å². The molecule has 1 fully saturated rings. The van der Waals surface area contributed by atoms with Crippen LogP contribution in [-0.2, 0) is 11.2 Å². The lowest BCUT2D eigenvalue weighted by atomic mass is 10.0. The lowest BCUT2D eigenvalue weighted by molar-refractivity contribution is -0.119. The number of hydrogen-bond acceptors (Lipinski definition) is 4. The molecule has 1 saturated heterocycles. The molecule has 1 aliphatic heterocycles. The van der Waals surface area contributed by atoms with Crippen LogP contribution in [0.5, 0.6) is 0 Å². The number of halogens is 1. The molecule has 0 bridgehead atoms. The zero-order valence-corrected chi connectivity index (χ0v) is 15.8. The highest BCUT2D eigenvalue weighted by Crippen LogP contribution is 2.26. The second-order valence-corrected chi connectivity index (χ2v) is 7.74. The van der Waals surface area contributed by atoms with E-state index in [0.29, 0.717) is 34.0 Å². The number of anilines is 1. The van der Waals surface area contributed by atoms with E-state index in [9.17, 15) is 14.0 Å². The molecular weight excluding hydrogens is 377 g/mol. The summed E-state index contributed by atoms with van der Waals surface area (Å²) in [5, 5.41) is 6.47. The van der Waals surface area contributed by atoms with Crippen molar-refractivity contribution in [2.45, 2.75) is 25.3 Å². The van der Waals surface area contributed by atoms with Gasteiger partial charge in [0.15, 0.2) is 0 Å². The van der Waals surface area contributed by atoms with Gasteiger partial charge >= 0.3 is 0 Å². The Morgan fingerprint density at radius 1 is 1.25 bits per heavy atom. The molecule has 5 nitrogen and oxygen atoms in total. The number of nitrogens with zero attached hydrogens (tertiary/aromatic N) is 1. The molecule has 28 heavy (non-hydrogen) atoms. The van der Waals surface area contributed by atoms with Crippen LogP contribution in [0.25, 0.3) is 0 Å². The number of hydrogen-bond donors (Lipinski definition) is 2. The molecular formula is C21H18FN3O2S. The van der Waals surface area contributed by atoms with Crippen LogP contribution in [0.3, 0.4) is 0 Å². The number of carbonyl (C=O) groups is 2. The molecule has 0 spiro atoms. The van der Waals surface area contributed by atoms with Crippen molar-refractivity contribution in [1.29, 1.82) is 0 Å². The van der Waals surface area contributed by atoms with E-state index in [0.717, 1.165) is 12.0 Å². The van der Waals surface area contributed by atoms with Crippen LogP contribution in [0, 0.1) is 5.82 Å². The maximum absolute atomic E-state index is 13.8. The zero-order chi connectivity index (χ0) is 19.5. The van der Waals surface area contributed by atoms with E-state index < -0.39 is 0 Å². The van der Waals surface area contributed by atoms with E-state index in [1.165, 1.54) is 23.6 Å². The van der Waals surface area contributed by atoms with Gasteiger partial charge in [-0.3, -0.25) is 9.59 Å². The standard InChI is InChI=1S/C21H18FN3O2S/c22-16-7-2-1-4-13(16)11-20-23-12-18(28-20)21(27)24-15-6-3-5-14(10-15)17-8-9-19(26)25-17/h1-7,10,12,17H,8-9,11H2,(H,24,27)(H,25,26). The van der Waals surface area contributed by atoms with Crippen molar-refractivity contribution in [2.75, 3.05) is 5.32 Å². The Hall–Kier alpha value is -3.06. The van der Waals surface area contributed by atoms with Gasteiger partial charge in [0.2, 0.25) is 5.91 Å². The summed E-state index contributed by atoms with van der Waals surface area (Å²) in [5.41, 5.74) is 2.18. The first-order chi connectivity index (χ1) is 13.6. The van der Waals surface area contributed by atoms with E-state index in [4.69, 9.17) is 0 Å². The molecule has 1 atom stereocenters. The van der Waals surface area contributed by atoms with Crippen LogP contribution in [-0.4, -0.2) is 16.8 Å². The highest BCUT2D eigenvalue weighted by Gasteiger charge is 2.22. The van der Waals surface area contributed by atoms with Crippen molar-refractivity contribution in [3.05, 3.63) is 81.6 Å². The van der Waals surface area contributed by atoms with E-state index >= 15 is 0 Å². The summed E-state index contributed by atoms with van der Waals surface area (Å²) in [4.78, 5) is 28.7. The van der Waals surface area contributed by atoms with Crippen molar-refractivity contribution in [2.24, 2.45) is 0 Å². The normalized spacial score (nSPS) is 16.0. The van der Waals surface area contributed by atoms with Gasteiger partial charge in [-0.05, 0) is 35.7 Å². The van der Waals surface area contributed by atoms with Crippen molar-refractivity contribution in [1.82, 2.24) is 10.3 Å². The van der Waals surface area contributed by atoms with Crippen LogP contribution >= 0.6 is 11.3 Å². The van der Waals surface area contributed by atoms with Gasteiger partial charge in [0.05, 0.1) is 17.2 Å². The Kier molecular flexibility index (Phi) is 5.16. The number of aromatic nitrogens is 1. The summed E-state index contributed by atoms with van der Waals surface area (Å²) in [6, 6.07) is 14.0. The molecule has 1 aromatic heterocycles. The molecule has 0 saturated carbocycles. The maximum atomic E-state index is 13.8. The number of carbonyl (C=O) groups excluding carboxylic acids is 2. The predicted octanol–water partition coefficient (Wildman–Crippen LogP) is 4.08. The molecule has 2 heterocycles. The van der Waals surface area contributed by atoms with Gasteiger partial charge in [-0.2, -0.15) is 0 Å². The number of nitrogens with one attached hydrogen (secondary N) is 2. The molecule has 0 aliphatic carbocycles. The number of rotatable bonds is 5. The average molecular weight is 395 g/mol. The summed E-state index contributed by atoms with van der Waals surface area (Å²) in [6.07, 6.45) is 3.14. The van der Waals surface area contributed by atoms with Crippen molar-refractivity contribution < 1.29 is 14.0 Å². The van der Waals surface area contributed by atoms with Gasteiger partial charge in [-0.15, -0.1) is 11.3 Å². The first-order valence-electron chi connectivity index (χ1n) is 8.97. The maximum Gasteiger partial charge on any atom is 0.267 e. The average Bonchev–Trinajstić information content (AvgIpc) is 3.33. The van der Waals surface area contributed by atoms with E-state index in [-0.39, 0.29) is 23.7 Å². The van der Waals surface area contributed by atoms with Crippen LogP contribution < -0.4 is 10.6 Å². The van der Waals surface area contributed by atoms with Crippen LogP contribution in [0.15, 0.2) is 54.7 Å². The minimum absolute atomic E-state index is 0.0138. The smallest absolute Gasteiger partial charge is 0.267 e. The fraction of sp³-hybridized carbons (Fsp3) is 0.190. The Bertz CT molecular complexity index is 1030. The third kappa shape index (κ3) is 4.09. The molecule has 7 heteroatoms.